The van der Waals surface area contributed by atoms with Crippen LogP contribution in [0.3, 0.4) is 0 Å². The van der Waals surface area contributed by atoms with Crippen LogP contribution in [0, 0.1) is 17.2 Å². The second-order valence-corrected chi connectivity index (χ2v) is 4.08. The number of benzene rings is 1. The normalized spacial score (nSPS) is 10.1. The van der Waals surface area contributed by atoms with Gasteiger partial charge in [-0.2, -0.15) is 5.26 Å². The molecule has 1 aromatic carbocycles. The molecule has 1 aromatic rings. The average molecular weight is 187 g/mol. The Balaban J connectivity index is 2.52. The highest BCUT2D eigenvalue weighted by Crippen LogP contribution is 2.10. The minimum absolute atomic E-state index is 0.518. The van der Waals surface area contributed by atoms with E-state index in [2.05, 4.69) is 44.2 Å². The summed E-state index contributed by atoms with van der Waals surface area (Å²) in [7, 11) is 0. The summed E-state index contributed by atoms with van der Waals surface area (Å²) >= 11 is 0. The second kappa shape index (κ2) is 5.44. The van der Waals surface area contributed by atoms with Crippen molar-refractivity contribution in [1.29, 1.82) is 5.26 Å². The van der Waals surface area contributed by atoms with Crippen LogP contribution in [0.1, 0.15) is 31.4 Å². The van der Waals surface area contributed by atoms with Crippen LogP contribution >= 0.6 is 0 Å². The lowest BCUT2D eigenvalue weighted by Crippen LogP contribution is -1.92. The molecule has 0 amide bonds. The van der Waals surface area contributed by atoms with Gasteiger partial charge < -0.3 is 0 Å². The Kier molecular flexibility index (Phi) is 4.19. The van der Waals surface area contributed by atoms with Crippen LogP contribution in [-0.2, 0) is 12.8 Å². The molecule has 74 valence electrons. The van der Waals surface area contributed by atoms with E-state index in [1.165, 1.54) is 12.0 Å². The molecule has 0 saturated carbocycles. The van der Waals surface area contributed by atoms with E-state index in [1.54, 1.807) is 0 Å². The lowest BCUT2D eigenvalue weighted by molar-refractivity contribution is 0.586. The zero-order valence-corrected chi connectivity index (χ0v) is 8.96. The zero-order chi connectivity index (χ0) is 10.4. The molecular weight excluding hydrogens is 170 g/mol. The fourth-order valence-electron chi connectivity index (χ4n) is 1.37. The zero-order valence-electron chi connectivity index (χ0n) is 8.96. The molecule has 1 nitrogen and oxygen atoms in total. The minimum atomic E-state index is 0.518. The molecule has 0 aliphatic heterocycles. The summed E-state index contributed by atoms with van der Waals surface area (Å²) in [5.41, 5.74) is 2.49. The van der Waals surface area contributed by atoms with Gasteiger partial charge in [-0.05, 0) is 29.9 Å². The van der Waals surface area contributed by atoms with Gasteiger partial charge in [-0.15, -0.1) is 0 Å². The van der Waals surface area contributed by atoms with Gasteiger partial charge >= 0.3 is 0 Å². The van der Waals surface area contributed by atoms with Gasteiger partial charge in [0.25, 0.3) is 0 Å². The summed E-state index contributed by atoms with van der Waals surface area (Å²) in [5, 5.41) is 8.52. The van der Waals surface area contributed by atoms with E-state index in [0.717, 1.165) is 17.9 Å². The predicted octanol–water partition coefficient (Wildman–Crippen LogP) is 3.34. The first-order valence-corrected chi connectivity index (χ1v) is 5.17. The van der Waals surface area contributed by atoms with Crippen LogP contribution in [0.4, 0.5) is 0 Å². The highest BCUT2D eigenvalue weighted by Gasteiger charge is 1.97. The van der Waals surface area contributed by atoms with Crippen LogP contribution < -0.4 is 0 Å². The van der Waals surface area contributed by atoms with Gasteiger partial charge in [0.15, 0.2) is 0 Å². The molecule has 0 aromatic heterocycles. The molecule has 0 spiro atoms. The lowest BCUT2D eigenvalue weighted by Gasteiger charge is -2.04. The molecule has 0 unspecified atom stereocenters. The summed E-state index contributed by atoms with van der Waals surface area (Å²) in [6, 6.07) is 10.5. The Bertz CT molecular complexity index is 303. The molecule has 0 bridgehead atoms. The fourth-order valence-corrected chi connectivity index (χ4v) is 1.37. The van der Waals surface area contributed by atoms with Crippen molar-refractivity contribution in [2.75, 3.05) is 0 Å². The molecule has 0 aliphatic carbocycles. The molecule has 1 heteroatoms. The molecule has 1 rings (SSSR count). The van der Waals surface area contributed by atoms with Crippen molar-refractivity contribution < 1.29 is 0 Å². The Hall–Kier alpha value is -1.29. The van der Waals surface area contributed by atoms with Gasteiger partial charge in [-0.1, -0.05) is 38.1 Å². The van der Waals surface area contributed by atoms with Gasteiger partial charge in [0.1, 0.15) is 0 Å². The third kappa shape index (κ3) is 3.62. The molecule has 0 heterocycles. The summed E-state index contributed by atoms with van der Waals surface area (Å²) in [6.07, 6.45) is 2.90. The Morgan fingerprint density at radius 1 is 1.14 bits per heavy atom. The number of hydrogen-bond acceptors (Lipinski definition) is 1. The smallest absolute Gasteiger partial charge is 0.0669 e. The first-order valence-electron chi connectivity index (χ1n) is 5.17. The standard InChI is InChI=1S/C13H17N/c1-11(2)3-4-12-5-7-13(8-6-12)9-10-14/h5-8,11H,3-4,9H2,1-2H3. The van der Waals surface area contributed by atoms with Gasteiger partial charge in [-0.3, -0.25) is 0 Å². The van der Waals surface area contributed by atoms with Crippen molar-refractivity contribution >= 4 is 0 Å². The topological polar surface area (TPSA) is 23.8 Å². The van der Waals surface area contributed by atoms with Crippen molar-refractivity contribution in [2.24, 2.45) is 5.92 Å². The van der Waals surface area contributed by atoms with Crippen molar-refractivity contribution in [1.82, 2.24) is 0 Å². The second-order valence-electron chi connectivity index (χ2n) is 4.08. The van der Waals surface area contributed by atoms with Gasteiger partial charge in [-0.25, -0.2) is 0 Å². The largest absolute Gasteiger partial charge is 0.198 e. The summed E-state index contributed by atoms with van der Waals surface area (Å²) in [6.45, 7) is 4.48. The first-order chi connectivity index (χ1) is 6.72. The summed E-state index contributed by atoms with van der Waals surface area (Å²) in [4.78, 5) is 0. The molecular formula is C13H17N. The number of aryl methyl sites for hydroxylation is 1. The van der Waals surface area contributed by atoms with E-state index >= 15 is 0 Å². The maximum Gasteiger partial charge on any atom is 0.0669 e. The number of nitrogens with zero attached hydrogens (tertiary/aromatic N) is 1. The number of nitriles is 1. The minimum Gasteiger partial charge on any atom is -0.198 e. The van der Waals surface area contributed by atoms with E-state index in [4.69, 9.17) is 5.26 Å². The highest BCUT2D eigenvalue weighted by molar-refractivity contribution is 5.24. The van der Waals surface area contributed by atoms with E-state index < -0.39 is 0 Å². The quantitative estimate of drug-likeness (QED) is 0.709. The molecule has 0 atom stereocenters. The Labute approximate surface area is 86.4 Å². The van der Waals surface area contributed by atoms with E-state index in [-0.39, 0.29) is 0 Å². The lowest BCUT2D eigenvalue weighted by atomic mass is 10.0. The molecule has 0 fully saturated rings. The summed E-state index contributed by atoms with van der Waals surface area (Å²) in [5.74, 6) is 0.758. The van der Waals surface area contributed by atoms with Gasteiger partial charge in [0.2, 0.25) is 0 Å². The average Bonchev–Trinajstić information content (AvgIpc) is 2.17. The monoisotopic (exact) mass is 187 g/mol. The Morgan fingerprint density at radius 3 is 2.21 bits per heavy atom. The van der Waals surface area contributed by atoms with Crippen LogP contribution in [0.5, 0.6) is 0 Å². The molecule has 0 radical (unpaired) electrons. The predicted molar refractivity (Wildman–Crippen MR) is 58.9 cm³/mol. The van der Waals surface area contributed by atoms with E-state index in [9.17, 15) is 0 Å². The van der Waals surface area contributed by atoms with Crippen molar-refractivity contribution in [3.05, 3.63) is 35.4 Å². The van der Waals surface area contributed by atoms with Crippen LogP contribution in [0.2, 0.25) is 0 Å². The maximum absolute atomic E-state index is 8.52. The van der Waals surface area contributed by atoms with E-state index in [1.807, 2.05) is 0 Å². The van der Waals surface area contributed by atoms with Crippen molar-refractivity contribution in [2.45, 2.75) is 33.1 Å². The Morgan fingerprint density at radius 2 is 1.71 bits per heavy atom. The van der Waals surface area contributed by atoms with Gasteiger partial charge in [0, 0.05) is 0 Å². The van der Waals surface area contributed by atoms with Crippen molar-refractivity contribution in [3.63, 3.8) is 0 Å². The van der Waals surface area contributed by atoms with Crippen molar-refractivity contribution in [3.8, 4) is 6.07 Å². The third-order valence-corrected chi connectivity index (χ3v) is 2.32. The highest BCUT2D eigenvalue weighted by atomic mass is 14.2. The number of rotatable bonds is 4. The van der Waals surface area contributed by atoms with Crippen LogP contribution in [0.15, 0.2) is 24.3 Å². The summed E-state index contributed by atoms with van der Waals surface area (Å²) < 4.78 is 0. The molecule has 0 N–H and O–H groups in total. The molecule has 0 aliphatic rings. The molecule has 14 heavy (non-hydrogen) atoms. The first kappa shape index (κ1) is 10.8. The third-order valence-electron chi connectivity index (χ3n) is 2.32. The fraction of sp³-hybridized carbons (Fsp3) is 0.462. The SMILES string of the molecule is CC(C)CCc1ccc(CC#N)cc1. The maximum atomic E-state index is 8.52. The van der Waals surface area contributed by atoms with Crippen LogP contribution in [0.25, 0.3) is 0 Å². The van der Waals surface area contributed by atoms with Crippen LogP contribution in [-0.4, -0.2) is 0 Å². The molecule has 0 saturated heterocycles. The number of hydrogen-bond donors (Lipinski definition) is 0. The van der Waals surface area contributed by atoms with Gasteiger partial charge in [0.05, 0.1) is 12.5 Å². The van der Waals surface area contributed by atoms with E-state index in [0.29, 0.717) is 6.42 Å².